The van der Waals surface area contributed by atoms with Crippen LogP contribution in [0.1, 0.15) is 36.7 Å². The molecule has 0 saturated heterocycles. The molecule has 0 atom stereocenters. The highest BCUT2D eigenvalue weighted by Crippen LogP contribution is 2.35. The van der Waals surface area contributed by atoms with E-state index < -0.39 is 0 Å². The van der Waals surface area contributed by atoms with E-state index in [9.17, 15) is 0 Å². The molecule has 1 aliphatic rings. The Bertz CT molecular complexity index is 278. The van der Waals surface area contributed by atoms with Gasteiger partial charge in [0.15, 0.2) is 0 Å². The van der Waals surface area contributed by atoms with E-state index in [0.29, 0.717) is 12.5 Å². The van der Waals surface area contributed by atoms with Gasteiger partial charge in [-0.15, -0.1) is 0 Å². The number of imidazole rings is 1. The molecular formula is C8H12BrN3. The van der Waals surface area contributed by atoms with Crippen molar-refractivity contribution in [3.8, 4) is 0 Å². The van der Waals surface area contributed by atoms with Crippen LogP contribution >= 0.6 is 15.9 Å². The fourth-order valence-corrected chi connectivity index (χ4v) is 1.87. The van der Waals surface area contributed by atoms with Crippen molar-refractivity contribution in [3.63, 3.8) is 0 Å². The van der Waals surface area contributed by atoms with E-state index in [1.165, 1.54) is 19.3 Å². The first-order valence-corrected chi connectivity index (χ1v) is 5.05. The summed E-state index contributed by atoms with van der Waals surface area (Å²) >= 11 is 3.38. The monoisotopic (exact) mass is 229 g/mol. The lowest BCUT2D eigenvalue weighted by Gasteiger charge is -2.22. The molecule has 2 rings (SSSR count). The minimum absolute atomic E-state index is 0.528. The number of halogens is 1. The number of nitrogens with two attached hydrogens (primary N) is 1. The highest BCUT2D eigenvalue weighted by molar-refractivity contribution is 9.10. The Morgan fingerprint density at radius 3 is 2.75 bits per heavy atom. The average Bonchev–Trinajstić information content (AvgIpc) is 2.27. The molecule has 0 aromatic carbocycles. The Morgan fingerprint density at radius 2 is 2.33 bits per heavy atom. The number of hydrogen-bond donors (Lipinski definition) is 2. The van der Waals surface area contributed by atoms with Crippen LogP contribution in [-0.2, 0) is 6.54 Å². The molecular weight excluding hydrogens is 218 g/mol. The van der Waals surface area contributed by atoms with E-state index >= 15 is 0 Å². The first kappa shape index (κ1) is 8.26. The molecule has 0 amide bonds. The second kappa shape index (κ2) is 3.18. The first-order valence-electron chi connectivity index (χ1n) is 4.25. The quantitative estimate of drug-likeness (QED) is 0.815. The van der Waals surface area contributed by atoms with E-state index in [4.69, 9.17) is 5.73 Å². The van der Waals surface area contributed by atoms with Crippen LogP contribution < -0.4 is 5.73 Å². The molecule has 0 aliphatic heterocycles. The van der Waals surface area contributed by atoms with Crippen LogP contribution in [0.5, 0.6) is 0 Å². The van der Waals surface area contributed by atoms with E-state index in [1.807, 2.05) is 0 Å². The van der Waals surface area contributed by atoms with Crippen molar-refractivity contribution in [2.75, 3.05) is 0 Å². The average molecular weight is 230 g/mol. The lowest BCUT2D eigenvalue weighted by molar-refractivity contribution is 0.403. The summed E-state index contributed by atoms with van der Waals surface area (Å²) in [6.45, 7) is 0.528. The SMILES string of the molecule is NCc1[nH]c(C2CCC2)nc1Br. The number of rotatable bonds is 2. The van der Waals surface area contributed by atoms with Crippen LogP contribution in [0.2, 0.25) is 0 Å². The summed E-state index contributed by atoms with van der Waals surface area (Å²) in [6, 6.07) is 0. The van der Waals surface area contributed by atoms with Crippen LogP contribution in [-0.4, -0.2) is 9.97 Å². The van der Waals surface area contributed by atoms with Crippen LogP contribution in [0.3, 0.4) is 0 Å². The lowest BCUT2D eigenvalue weighted by atomic mass is 9.85. The Morgan fingerprint density at radius 1 is 1.58 bits per heavy atom. The minimum Gasteiger partial charge on any atom is -0.344 e. The van der Waals surface area contributed by atoms with E-state index in [1.54, 1.807) is 0 Å². The highest BCUT2D eigenvalue weighted by atomic mass is 79.9. The normalized spacial score (nSPS) is 17.8. The number of nitrogens with zero attached hydrogens (tertiary/aromatic N) is 1. The van der Waals surface area contributed by atoms with Gasteiger partial charge in [-0.25, -0.2) is 4.98 Å². The maximum absolute atomic E-state index is 5.52. The van der Waals surface area contributed by atoms with Crippen molar-refractivity contribution in [2.45, 2.75) is 31.7 Å². The third kappa shape index (κ3) is 1.29. The van der Waals surface area contributed by atoms with Gasteiger partial charge >= 0.3 is 0 Å². The lowest BCUT2D eigenvalue weighted by Crippen LogP contribution is -2.10. The predicted octanol–water partition coefficient (Wildman–Crippen LogP) is 1.90. The summed E-state index contributed by atoms with van der Waals surface area (Å²) in [6.07, 6.45) is 3.87. The first-order chi connectivity index (χ1) is 5.81. The zero-order valence-corrected chi connectivity index (χ0v) is 8.39. The van der Waals surface area contributed by atoms with Crippen molar-refractivity contribution in [1.82, 2.24) is 9.97 Å². The molecule has 1 aromatic rings. The fourth-order valence-electron chi connectivity index (χ4n) is 1.42. The Hall–Kier alpha value is -0.350. The maximum atomic E-state index is 5.52. The van der Waals surface area contributed by atoms with Crippen LogP contribution in [0.15, 0.2) is 4.60 Å². The molecule has 1 fully saturated rings. The second-order valence-corrected chi connectivity index (χ2v) is 3.97. The van der Waals surface area contributed by atoms with Gasteiger partial charge in [0, 0.05) is 12.5 Å². The predicted molar refractivity (Wildman–Crippen MR) is 50.8 cm³/mol. The van der Waals surface area contributed by atoms with E-state index in [-0.39, 0.29) is 0 Å². The summed E-state index contributed by atoms with van der Waals surface area (Å²) < 4.78 is 0.881. The zero-order valence-electron chi connectivity index (χ0n) is 6.81. The number of aromatic nitrogens is 2. The van der Waals surface area contributed by atoms with Crippen LogP contribution in [0.25, 0.3) is 0 Å². The molecule has 1 heterocycles. The van der Waals surface area contributed by atoms with Gasteiger partial charge in [-0.3, -0.25) is 0 Å². The summed E-state index contributed by atoms with van der Waals surface area (Å²) in [5.41, 5.74) is 6.53. The summed E-state index contributed by atoms with van der Waals surface area (Å²) in [5, 5.41) is 0. The topological polar surface area (TPSA) is 54.7 Å². The largest absolute Gasteiger partial charge is 0.344 e. The molecule has 0 bridgehead atoms. The van der Waals surface area contributed by atoms with Crippen molar-refractivity contribution in [3.05, 3.63) is 16.1 Å². The van der Waals surface area contributed by atoms with E-state index in [0.717, 1.165) is 16.1 Å². The van der Waals surface area contributed by atoms with Crippen molar-refractivity contribution >= 4 is 15.9 Å². The summed E-state index contributed by atoms with van der Waals surface area (Å²) in [7, 11) is 0. The van der Waals surface area contributed by atoms with Crippen molar-refractivity contribution < 1.29 is 0 Å². The fraction of sp³-hybridized carbons (Fsp3) is 0.625. The van der Waals surface area contributed by atoms with Gasteiger partial charge in [-0.2, -0.15) is 0 Å². The van der Waals surface area contributed by atoms with Gasteiger partial charge in [0.25, 0.3) is 0 Å². The minimum atomic E-state index is 0.528. The van der Waals surface area contributed by atoms with Crippen molar-refractivity contribution in [1.29, 1.82) is 0 Å². The van der Waals surface area contributed by atoms with Crippen LogP contribution in [0, 0.1) is 0 Å². The third-order valence-electron chi connectivity index (χ3n) is 2.44. The molecule has 3 N–H and O–H groups in total. The molecule has 0 unspecified atom stereocenters. The molecule has 66 valence electrons. The van der Waals surface area contributed by atoms with Gasteiger partial charge in [0.05, 0.1) is 5.69 Å². The molecule has 4 heteroatoms. The van der Waals surface area contributed by atoms with E-state index in [2.05, 4.69) is 25.9 Å². The second-order valence-electron chi connectivity index (χ2n) is 3.22. The molecule has 0 spiro atoms. The smallest absolute Gasteiger partial charge is 0.128 e. The van der Waals surface area contributed by atoms with Gasteiger partial charge in [-0.05, 0) is 28.8 Å². The van der Waals surface area contributed by atoms with Crippen molar-refractivity contribution in [2.24, 2.45) is 5.73 Å². The third-order valence-corrected chi connectivity index (χ3v) is 3.10. The van der Waals surface area contributed by atoms with Crippen LogP contribution in [0.4, 0.5) is 0 Å². The Balaban J connectivity index is 2.21. The Kier molecular flexibility index (Phi) is 2.19. The zero-order chi connectivity index (χ0) is 8.55. The molecule has 0 radical (unpaired) electrons. The standard InChI is InChI=1S/C8H12BrN3/c9-7-6(4-10)11-8(12-7)5-2-1-3-5/h5H,1-4,10H2,(H,11,12). The molecule has 1 aromatic heterocycles. The maximum Gasteiger partial charge on any atom is 0.128 e. The Labute approximate surface area is 79.9 Å². The summed E-state index contributed by atoms with van der Waals surface area (Å²) in [4.78, 5) is 7.63. The van der Waals surface area contributed by atoms with Gasteiger partial charge in [-0.1, -0.05) is 6.42 Å². The van der Waals surface area contributed by atoms with Gasteiger partial charge in [0.2, 0.25) is 0 Å². The number of nitrogens with one attached hydrogen (secondary N) is 1. The van der Waals surface area contributed by atoms with Gasteiger partial charge in [0.1, 0.15) is 10.4 Å². The molecule has 12 heavy (non-hydrogen) atoms. The molecule has 1 saturated carbocycles. The number of hydrogen-bond acceptors (Lipinski definition) is 2. The number of H-pyrrole nitrogens is 1. The van der Waals surface area contributed by atoms with Gasteiger partial charge < -0.3 is 10.7 Å². The summed E-state index contributed by atoms with van der Waals surface area (Å²) in [5.74, 6) is 1.76. The highest BCUT2D eigenvalue weighted by Gasteiger charge is 2.23. The number of aromatic amines is 1. The molecule has 3 nitrogen and oxygen atoms in total. The molecule has 1 aliphatic carbocycles.